The number of aromatic carboxylic acids is 2. The Bertz CT molecular complexity index is 2210. The fourth-order valence-electron chi connectivity index (χ4n) is 4.45. The Morgan fingerprint density at radius 3 is 0.900 bits per heavy atom. The number of hydrogen-bond donors (Lipinski definition) is 2. The van der Waals surface area contributed by atoms with Crippen molar-refractivity contribution in [1.82, 2.24) is 19.9 Å². The van der Waals surface area contributed by atoms with E-state index in [1.807, 2.05) is 72.8 Å². The van der Waals surface area contributed by atoms with Crippen LogP contribution in [0.25, 0.3) is 22.8 Å². The van der Waals surface area contributed by atoms with Crippen LogP contribution in [0.1, 0.15) is 34.6 Å². The maximum Gasteiger partial charge on any atom is 2.00 e. The average molecular weight is 1200 g/mol. The molecule has 0 unspecified atom stereocenters. The predicted molar refractivity (Wildman–Crippen MR) is 230 cm³/mol. The Morgan fingerprint density at radius 2 is 0.686 bits per heavy atom. The monoisotopic (exact) mass is 1190 g/mol. The van der Waals surface area contributed by atoms with Gasteiger partial charge in [-0.3, -0.25) is 39.9 Å². The molecular weight excluding hydrogens is 1150 g/mol. The molecule has 4 aromatic heterocycles. The van der Waals surface area contributed by atoms with Crippen LogP contribution < -0.4 is 66.9 Å². The fraction of sp³-hybridized carbons (Fsp3) is 0.136. The number of hydrogen-bond acceptors (Lipinski definition) is 18. The van der Waals surface area contributed by atoms with E-state index in [1.165, 1.54) is 48.5 Å². The summed E-state index contributed by atoms with van der Waals surface area (Å²) in [5.74, 6) is -7.38. The van der Waals surface area contributed by atoms with Crippen LogP contribution in [-0.4, -0.2) is 91.6 Å². The summed E-state index contributed by atoms with van der Waals surface area (Å²) in [6.45, 7) is 3.26. The molecule has 26 heteroatoms. The summed E-state index contributed by atoms with van der Waals surface area (Å²) in [4.78, 5) is 52.0. The summed E-state index contributed by atoms with van der Waals surface area (Å²) in [6.07, 6.45) is 7.07. The molecule has 0 aliphatic heterocycles. The molecule has 0 saturated heterocycles. The fourth-order valence-corrected chi connectivity index (χ4v) is 4.45. The SMILES string of the molecule is C[C@@H](N)CN=C([O-])C([O-])=Nc1ccccc1C(=O)[O-].C[C@H](N)CN=C([O-])C([O-])=Nc1ccccc1C(=O)[O-].O.O.[Cl-].[Cl-].[Cu+2].[Cu+2].[Cu+2].[Cu+2].c1ccc(-c2ccccn2)nc1.c1ccc(-c2ccccn2)nc1. The number of halogens is 2. The molecule has 2 atom stereocenters. The number of nitrogens with two attached hydrogens (primary N) is 2. The first-order chi connectivity index (χ1) is 29.8. The van der Waals surface area contributed by atoms with Gasteiger partial charge in [0.25, 0.3) is 0 Å². The zero-order valence-corrected chi connectivity index (χ0v) is 41.7. The first-order valence-electron chi connectivity index (χ1n) is 18.5. The van der Waals surface area contributed by atoms with Crippen molar-refractivity contribution in [2.45, 2.75) is 25.9 Å². The number of carboxylic acid groups (broad SMARTS) is 2. The number of carboxylic acids is 2. The van der Waals surface area contributed by atoms with E-state index in [4.69, 9.17) is 11.5 Å². The van der Waals surface area contributed by atoms with Crippen molar-refractivity contribution >= 4 is 46.9 Å². The Labute approximate surface area is 458 Å². The van der Waals surface area contributed by atoms with Crippen LogP contribution in [0.3, 0.4) is 0 Å². The number of aliphatic imine (C=N–C) groups is 4. The second-order valence-corrected chi connectivity index (χ2v) is 12.5. The van der Waals surface area contributed by atoms with Crippen molar-refractivity contribution in [3.8, 4) is 22.8 Å². The number of aromatic nitrogens is 4. The molecule has 0 amide bonds. The number of carbonyl (C=O) groups excluding carboxylic acids is 2. The smallest absolute Gasteiger partial charge is 1.00 e. The topological polar surface area (TPSA) is 389 Å². The van der Waals surface area contributed by atoms with E-state index in [2.05, 4.69) is 39.9 Å². The normalized spacial score (nSPS) is 11.0. The Hall–Kier alpha value is -5.64. The molecule has 0 aliphatic rings. The van der Waals surface area contributed by atoms with Gasteiger partial charge in [-0.25, -0.2) is 0 Å². The van der Waals surface area contributed by atoms with Crippen molar-refractivity contribution in [2.75, 3.05) is 13.1 Å². The van der Waals surface area contributed by atoms with E-state index < -0.39 is 35.5 Å². The van der Waals surface area contributed by atoms with E-state index in [-0.39, 0.29) is 152 Å². The third-order valence-electron chi connectivity index (χ3n) is 7.29. The molecule has 0 saturated carbocycles. The van der Waals surface area contributed by atoms with Crippen LogP contribution in [0.5, 0.6) is 0 Å². The van der Waals surface area contributed by atoms with Gasteiger partial charge in [-0.05, 0) is 98.1 Å². The van der Waals surface area contributed by atoms with Crippen molar-refractivity contribution < 1.29 is 144 Å². The van der Waals surface area contributed by atoms with Gasteiger partial charge in [-0.15, -0.1) is 0 Å². The Balaban J connectivity index is -0.000000191. The molecule has 2 aromatic carbocycles. The molecule has 4 radical (unpaired) electrons. The Morgan fingerprint density at radius 1 is 0.443 bits per heavy atom. The van der Waals surface area contributed by atoms with Crippen LogP contribution in [0.15, 0.2) is 166 Å². The van der Waals surface area contributed by atoms with E-state index in [0.29, 0.717) is 0 Å². The average Bonchev–Trinajstić information content (AvgIpc) is 3.29. The second-order valence-electron chi connectivity index (χ2n) is 12.5. The van der Waals surface area contributed by atoms with Gasteiger partial charge in [0.1, 0.15) is 0 Å². The zero-order chi connectivity index (χ0) is 45.3. The number of pyridine rings is 4. The molecule has 6 aromatic rings. The quantitative estimate of drug-likeness (QED) is 0.0731. The van der Waals surface area contributed by atoms with Gasteiger partial charge in [-0.2, -0.15) is 0 Å². The molecular formula is C44H44Cl2Cu4N10O10. The zero-order valence-electron chi connectivity index (χ0n) is 36.4. The summed E-state index contributed by atoms with van der Waals surface area (Å²) in [7, 11) is 0. The minimum atomic E-state index is -1.48. The van der Waals surface area contributed by atoms with Crippen LogP contribution >= 0.6 is 0 Å². The van der Waals surface area contributed by atoms with Gasteiger partial charge >= 0.3 is 68.3 Å². The van der Waals surface area contributed by atoms with Crippen LogP contribution in [0.2, 0.25) is 0 Å². The molecule has 6 rings (SSSR count). The second kappa shape index (κ2) is 42.3. The summed E-state index contributed by atoms with van der Waals surface area (Å²) in [5.41, 5.74) is 13.6. The summed E-state index contributed by atoms with van der Waals surface area (Å²) in [6, 6.07) is 33.4. The van der Waals surface area contributed by atoms with E-state index in [9.17, 15) is 40.2 Å². The maximum atomic E-state index is 11.4. The summed E-state index contributed by atoms with van der Waals surface area (Å²) >= 11 is 0. The van der Waals surface area contributed by atoms with Crippen LogP contribution in [-0.2, 0) is 68.3 Å². The van der Waals surface area contributed by atoms with E-state index >= 15 is 0 Å². The minimum Gasteiger partial charge on any atom is -1.00 e. The largest absolute Gasteiger partial charge is 2.00 e. The number of benzene rings is 2. The van der Waals surface area contributed by atoms with E-state index in [1.54, 1.807) is 38.6 Å². The van der Waals surface area contributed by atoms with E-state index in [0.717, 1.165) is 22.8 Å². The maximum absolute atomic E-state index is 11.4. The van der Waals surface area contributed by atoms with Crippen molar-refractivity contribution in [3.63, 3.8) is 0 Å². The first kappa shape index (κ1) is 75.9. The van der Waals surface area contributed by atoms with Gasteiger partial charge in [0.2, 0.25) is 0 Å². The van der Waals surface area contributed by atoms with Gasteiger partial charge in [0, 0.05) is 48.0 Å². The molecule has 70 heavy (non-hydrogen) atoms. The third kappa shape index (κ3) is 28.8. The van der Waals surface area contributed by atoms with Crippen molar-refractivity contribution in [3.05, 3.63) is 157 Å². The summed E-state index contributed by atoms with van der Waals surface area (Å²) < 4.78 is 0. The number of rotatable bonds is 10. The third-order valence-corrected chi connectivity index (χ3v) is 7.29. The molecule has 4 heterocycles. The molecule has 0 spiro atoms. The predicted octanol–water partition coefficient (Wildman–Crippen LogP) is -8.27. The van der Waals surface area contributed by atoms with Crippen molar-refractivity contribution in [2.24, 2.45) is 31.4 Å². The van der Waals surface area contributed by atoms with Gasteiger partial charge in [0.15, 0.2) is 0 Å². The van der Waals surface area contributed by atoms with Crippen molar-refractivity contribution in [1.29, 1.82) is 0 Å². The molecule has 388 valence electrons. The standard InChI is InChI=1S/2C12H15N3O4.2C10H8N2.2ClH.4Cu.2H2O/c2*1-7(13)6-14-10(16)11(17)15-9-5-3-2-4-8(9)12(18)19;2*1-3-7-11-9(5-1)10-6-2-4-8-12-10;;;;;;;;/h2*2-5,7H,6,13H2,1H3,(H,14,16)(H,15,17)(H,18,19);2*1-8H;2*1H;;;;;2*1H2/q;;;;;;4*+2;;/p-8/t2*7-;;;;;;;;;;/m10........../s1. The van der Waals surface area contributed by atoms with Gasteiger partial charge < -0.3 is 87.5 Å². The van der Waals surface area contributed by atoms with Crippen LogP contribution in [0, 0.1) is 0 Å². The first-order valence-corrected chi connectivity index (χ1v) is 18.5. The van der Waals surface area contributed by atoms with Gasteiger partial charge in [-0.1, -0.05) is 60.7 Å². The number of carbonyl (C=O) groups is 2. The van der Waals surface area contributed by atoms with Crippen LogP contribution in [0.4, 0.5) is 11.4 Å². The molecule has 0 fully saturated rings. The molecule has 0 aliphatic carbocycles. The van der Waals surface area contributed by atoms with Gasteiger partial charge in [0.05, 0.1) is 59.2 Å². The Kier molecular flexibility index (Phi) is 45.8. The molecule has 20 nitrogen and oxygen atoms in total. The minimum absolute atomic E-state index is 0. The number of para-hydroxylation sites is 2. The molecule has 8 N–H and O–H groups in total. The molecule has 0 bridgehead atoms. The summed E-state index contributed by atoms with van der Waals surface area (Å²) in [5, 5.41) is 67.0. The number of nitrogens with zero attached hydrogens (tertiary/aromatic N) is 8.